The number of nitrogens with one attached hydrogen (secondary N) is 1. The second-order valence-electron chi connectivity index (χ2n) is 6.52. The Morgan fingerprint density at radius 2 is 2.08 bits per heavy atom. The van der Waals surface area contributed by atoms with Gasteiger partial charge in [-0.05, 0) is 52.2 Å². The van der Waals surface area contributed by atoms with Gasteiger partial charge >= 0.3 is 5.97 Å². The molecule has 7 nitrogen and oxygen atoms in total. The predicted molar refractivity (Wildman–Crippen MR) is 107 cm³/mol. The van der Waals surface area contributed by atoms with Gasteiger partial charge < -0.3 is 15.3 Å². The van der Waals surface area contributed by atoms with Crippen molar-refractivity contribution in [1.29, 1.82) is 0 Å². The normalized spacial score (nSPS) is 11.1. The molecule has 3 aromatic rings. The molecule has 8 heteroatoms. The Kier molecular flexibility index (Phi) is 6.05. The van der Waals surface area contributed by atoms with Crippen LogP contribution in [0.15, 0.2) is 18.2 Å². The number of hydrogen-bond donors (Lipinski definition) is 2. The van der Waals surface area contributed by atoms with Crippen LogP contribution < -0.4 is 5.32 Å². The van der Waals surface area contributed by atoms with E-state index in [9.17, 15) is 9.90 Å². The molecule has 1 aromatic carbocycles. The van der Waals surface area contributed by atoms with Gasteiger partial charge in [-0.1, -0.05) is 0 Å². The second-order valence-corrected chi connectivity index (χ2v) is 6.52. The number of anilines is 1. The lowest BCUT2D eigenvalue weighted by Gasteiger charge is -2.14. The standard InChI is InChI=1S/C18H23N5O2.ClH/c1-11-15-16(19-8-5-9-22(2)3)13-7-6-12(18(24)25)10-14(13)20-17(15)23(4)21-11;/h6-7,10H,5,8-9H2,1-4H3,(H,19,20)(H,24,25);1H. The van der Waals surface area contributed by atoms with Crippen molar-refractivity contribution in [2.24, 2.45) is 7.05 Å². The maximum absolute atomic E-state index is 11.3. The summed E-state index contributed by atoms with van der Waals surface area (Å²) in [6.07, 6.45) is 1.00. The number of halogens is 1. The lowest BCUT2D eigenvalue weighted by atomic mass is 10.1. The number of aromatic nitrogens is 3. The molecule has 0 saturated carbocycles. The van der Waals surface area contributed by atoms with E-state index in [0.29, 0.717) is 5.52 Å². The summed E-state index contributed by atoms with van der Waals surface area (Å²) in [7, 11) is 5.96. The van der Waals surface area contributed by atoms with E-state index in [0.717, 1.165) is 47.3 Å². The highest BCUT2D eigenvalue weighted by molar-refractivity contribution is 6.09. The molecule has 0 aliphatic rings. The van der Waals surface area contributed by atoms with Crippen molar-refractivity contribution in [2.75, 3.05) is 32.5 Å². The van der Waals surface area contributed by atoms with Gasteiger partial charge in [-0.25, -0.2) is 9.78 Å². The van der Waals surface area contributed by atoms with Gasteiger partial charge in [0.25, 0.3) is 0 Å². The van der Waals surface area contributed by atoms with Gasteiger partial charge in [0.2, 0.25) is 0 Å². The first-order valence-electron chi connectivity index (χ1n) is 8.27. The van der Waals surface area contributed by atoms with E-state index in [1.165, 1.54) is 0 Å². The molecule has 2 heterocycles. The fourth-order valence-electron chi connectivity index (χ4n) is 3.08. The number of aryl methyl sites for hydroxylation is 2. The number of nitrogens with zero attached hydrogens (tertiary/aromatic N) is 4. The minimum atomic E-state index is -0.953. The molecule has 0 spiro atoms. The molecule has 2 aromatic heterocycles. The smallest absolute Gasteiger partial charge is 0.335 e. The summed E-state index contributed by atoms with van der Waals surface area (Å²) < 4.78 is 1.74. The molecule has 0 aliphatic carbocycles. The SMILES string of the molecule is Cc1nn(C)c2nc3cc(C(=O)O)ccc3c(NCCCN(C)C)c12.Cl. The number of hydrogen-bond acceptors (Lipinski definition) is 5. The molecule has 0 radical (unpaired) electrons. The Morgan fingerprint density at radius 3 is 2.73 bits per heavy atom. The molecule has 140 valence electrons. The zero-order chi connectivity index (χ0) is 18.1. The molecule has 0 atom stereocenters. The second kappa shape index (κ2) is 7.88. The van der Waals surface area contributed by atoms with E-state index in [1.54, 1.807) is 16.8 Å². The number of pyridine rings is 1. The number of carboxylic acids is 1. The van der Waals surface area contributed by atoms with E-state index in [-0.39, 0.29) is 18.0 Å². The molecule has 0 saturated heterocycles. The van der Waals surface area contributed by atoms with Crippen molar-refractivity contribution in [1.82, 2.24) is 19.7 Å². The topological polar surface area (TPSA) is 83.3 Å². The number of carbonyl (C=O) groups is 1. The van der Waals surface area contributed by atoms with E-state index in [2.05, 4.69) is 34.4 Å². The van der Waals surface area contributed by atoms with Crippen LogP contribution in [0, 0.1) is 6.92 Å². The summed E-state index contributed by atoms with van der Waals surface area (Å²) >= 11 is 0. The Morgan fingerprint density at radius 1 is 1.35 bits per heavy atom. The average Bonchev–Trinajstić information content (AvgIpc) is 2.84. The monoisotopic (exact) mass is 377 g/mol. The molecule has 0 unspecified atom stereocenters. The third kappa shape index (κ3) is 3.73. The molecular weight excluding hydrogens is 354 g/mol. The van der Waals surface area contributed by atoms with Crippen molar-refractivity contribution < 1.29 is 9.90 Å². The number of fused-ring (bicyclic) bond motifs is 2. The van der Waals surface area contributed by atoms with Crippen LogP contribution in [0.2, 0.25) is 0 Å². The number of benzene rings is 1. The van der Waals surface area contributed by atoms with E-state index in [1.807, 2.05) is 20.0 Å². The van der Waals surface area contributed by atoms with Crippen LogP contribution in [-0.4, -0.2) is 57.9 Å². The Balaban J connectivity index is 0.00000243. The Labute approximate surface area is 158 Å². The molecule has 0 amide bonds. The number of carboxylic acid groups (broad SMARTS) is 1. The highest BCUT2D eigenvalue weighted by Crippen LogP contribution is 2.33. The van der Waals surface area contributed by atoms with Gasteiger partial charge in [-0.2, -0.15) is 5.10 Å². The summed E-state index contributed by atoms with van der Waals surface area (Å²) in [6, 6.07) is 5.06. The molecular formula is C18H24ClN5O2. The van der Waals surface area contributed by atoms with Gasteiger partial charge in [0, 0.05) is 19.0 Å². The van der Waals surface area contributed by atoms with Crippen LogP contribution in [0.1, 0.15) is 22.5 Å². The first kappa shape index (κ1) is 19.9. The molecule has 0 fully saturated rings. The first-order chi connectivity index (χ1) is 11.9. The summed E-state index contributed by atoms with van der Waals surface area (Å²) in [5.41, 5.74) is 3.52. The molecule has 26 heavy (non-hydrogen) atoms. The Hall–Kier alpha value is -2.38. The molecule has 2 N–H and O–H groups in total. The fourth-order valence-corrected chi connectivity index (χ4v) is 3.08. The van der Waals surface area contributed by atoms with Gasteiger partial charge in [0.15, 0.2) is 5.65 Å². The van der Waals surface area contributed by atoms with Gasteiger partial charge in [0.05, 0.1) is 27.8 Å². The lowest BCUT2D eigenvalue weighted by Crippen LogP contribution is -2.16. The zero-order valence-electron chi connectivity index (χ0n) is 15.4. The van der Waals surface area contributed by atoms with E-state index < -0.39 is 5.97 Å². The van der Waals surface area contributed by atoms with Crippen LogP contribution in [0.4, 0.5) is 5.69 Å². The number of aromatic carboxylic acids is 1. The maximum atomic E-state index is 11.3. The van der Waals surface area contributed by atoms with Gasteiger partial charge in [-0.15, -0.1) is 12.4 Å². The zero-order valence-corrected chi connectivity index (χ0v) is 16.2. The van der Waals surface area contributed by atoms with Crippen molar-refractivity contribution in [3.63, 3.8) is 0 Å². The van der Waals surface area contributed by atoms with E-state index in [4.69, 9.17) is 0 Å². The Bertz CT molecular complexity index is 952. The van der Waals surface area contributed by atoms with E-state index >= 15 is 0 Å². The minimum Gasteiger partial charge on any atom is -0.478 e. The fraction of sp³-hybridized carbons (Fsp3) is 0.389. The van der Waals surface area contributed by atoms with Crippen LogP contribution in [0.25, 0.3) is 21.9 Å². The van der Waals surface area contributed by atoms with Crippen LogP contribution >= 0.6 is 12.4 Å². The summed E-state index contributed by atoms with van der Waals surface area (Å²) in [5.74, 6) is -0.953. The summed E-state index contributed by atoms with van der Waals surface area (Å²) in [6.45, 7) is 3.78. The first-order valence-corrected chi connectivity index (χ1v) is 8.27. The van der Waals surface area contributed by atoms with Crippen molar-refractivity contribution in [3.05, 3.63) is 29.5 Å². The van der Waals surface area contributed by atoms with Crippen LogP contribution in [0.3, 0.4) is 0 Å². The predicted octanol–water partition coefficient (Wildman–Crippen LogP) is 2.91. The van der Waals surface area contributed by atoms with Gasteiger partial charge in [0.1, 0.15) is 0 Å². The highest BCUT2D eigenvalue weighted by atomic mass is 35.5. The third-order valence-corrected chi connectivity index (χ3v) is 4.27. The van der Waals surface area contributed by atoms with Crippen LogP contribution in [0.5, 0.6) is 0 Å². The van der Waals surface area contributed by atoms with Gasteiger partial charge in [-0.3, -0.25) is 4.68 Å². The van der Waals surface area contributed by atoms with Crippen LogP contribution in [-0.2, 0) is 7.05 Å². The van der Waals surface area contributed by atoms with Crippen molar-refractivity contribution >= 4 is 46.0 Å². The third-order valence-electron chi connectivity index (χ3n) is 4.27. The molecule has 0 aliphatic heterocycles. The summed E-state index contributed by atoms with van der Waals surface area (Å²) in [5, 5.41) is 19.1. The highest BCUT2D eigenvalue weighted by Gasteiger charge is 2.16. The minimum absolute atomic E-state index is 0. The van der Waals surface area contributed by atoms with Crippen molar-refractivity contribution in [3.8, 4) is 0 Å². The largest absolute Gasteiger partial charge is 0.478 e. The molecule has 0 bridgehead atoms. The average molecular weight is 378 g/mol. The summed E-state index contributed by atoms with van der Waals surface area (Å²) in [4.78, 5) is 18.1. The molecule has 3 rings (SSSR count). The quantitative estimate of drug-likeness (QED) is 0.642. The maximum Gasteiger partial charge on any atom is 0.335 e. The number of rotatable bonds is 6. The van der Waals surface area contributed by atoms with Crippen molar-refractivity contribution in [2.45, 2.75) is 13.3 Å². The lowest BCUT2D eigenvalue weighted by molar-refractivity contribution is 0.0697.